The van der Waals surface area contributed by atoms with E-state index in [0.29, 0.717) is 25.9 Å². The molecule has 0 aliphatic carbocycles. The number of hydrogen-bond donors (Lipinski definition) is 1. The van der Waals surface area contributed by atoms with Crippen LogP contribution in [-0.4, -0.2) is 24.5 Å². The minimum atomic E-state index is -0.168. The van der Waals surface area contributed by atoms with Crippen molar-refractivity contribution >= 4 is 11.9 Å². The molecule has 0 aromatic carbocycles. The second-order valence-corrected chi connectivity index (χ2v) is 7.87. The minimum absolute atomic E-state index is 0.0499. The highest BCUT2D eigenvalue weighted by molar-refractivity contribution is 5.77. The van der Waals surface area contributed by atoms with E-state index in [2.05, 4.69) is 26.1 Å². The molecule has 0 spiro atoms. The molecule has 1 atom stereocenters. The van der Waals surface area contributed by atoms with Crippen LogP contribution in [0.5, 0.6) is 0 Å². The lowest BCUT2D eigenvalue weighted by atomic mass is 10.1. The van der Waals surface area contributed by atoms with Gasteiger partial charge in [0.15, 0.2) is 0 Å². The quantitative estimate of drug-likeness (QED) is 0.210. The number of rotatable bonds is 19. The Hall–Kier alpha value is -1.06. The topological polar surface area (TPSA) is 55.4 Å². The summed E-state index contributed by atoms with van der Waals surface area (Å²) in [4.78, 5) is 23.6. The maximum absolute atomic E-state index is 11.9. The van der Waals surface area contributed by atoms with Gasteiger partial charge in [-0.2, -0.15) is 0 Å². The summed E-state index contributed by atoms with van der Waals surface area (Å²) in [5.41, 5.74) is 0. The predicted molar refractivity (Wildman–Crippen MR) is 114 cm³/mol. The zero-order chi connectivity index (χ0) is 20.2. The Morgan fingerprint density at radius 3 is 1.93 bits per heavy atom. The molecule has 0 saturated carbocycles. The normalized spacial score (nSPS) is 12.0. The number of hydrogen-bond acceptors (Lipinski definition) is 3. The summed E-state index contributed by atoms with van der Waals surface area (Å²) in [6.07, 6.45) is 17.2. The minimum Gasteiger partial charge on any atom is -0.466 e. The molecule has 0 aliphatic heterocycles. The van der Waals surface area contributed by atoms with Gasteiger partial charge in [-0.1, -0.05) is 84.5 Å². The van der Waals surface area contributed by atoms with Crippen LogP contribution < -0.4 is 5.32 Å². The first-order valence-electron chi connectivity index (χ1n) is 11.5. The molecular weight excluding hydrogens is 338 g/mol. The molecule has 1 N–H and O–H groups in total. The Labute approximate surface area is 168 Å². The van der Waals surface area contributed by atoms with E-state index in [1.54, 1.807) is 0 Å². The van der Waals surface area contributed by atoms with Crippen molar-refractivity contribution in [1.29, 1.82) is 0 Å². The second kappa shape index (κ2) is 19.7. The number of carbonyl (C=O) groups excluding carboxylic acids is 2. The number of nitrogens with one attached hydrogen (secondary N) is 1. The average Bonchev–Trinajstić information content (AvgIpc) is 2.64. The van der Waals surface area contributed by atoms with Crippen molar-refractivity contribution in [2.75, 3.05) is 6.61 Å². The van der Waals surface area contributed by atoms with Gasteiger partial charge in [0, 0.05) is 18.9 Å². The van der Waals surface area contributed by atoms with Gasteiger partial charge in [-0.3, -0.25) is 9.59 Å². The predicted octanol–water partition coefficient (Wildman–Crippen LogP) is 6.32. The molecule has 4 nitrogen and oxygen atoms in total. The lowest BCUT2D eigenvalue weighted by Crippen LogP contribution is -2.32. The first kappa shape index (κ1) is 25.9. The average molecular weight is 384 g/mol. The van der Waals surface area contributed by atoms with Gasteiger partial charge in [0.2, 0.25) is 5.91 Å². The summed E-state index contributed by atoms with van der Waals surface area (Å²) >= 11 is 0. The Bertz CT molecular complexity index is 358. The zero-order valence-electron chi connectivity index (χ0n) is 18.3. The number of unbranched alkanes of at least 4 members (excludes halogenated alkanes) is 10. The maximum Gasteiger partial charge on any atom is 0.305 e. The monoisotopic (exact) mass is 383 g/mol. The number of amides is 1. The van der Waals surface area contributed by atoms with Crippen molar-refractivity contribution in [2.45, 2.75) is 130 Å². The first-order chi connectivity index (χ1) is 13.1. The Morgan fingerprint density at radius 2 is 1.30 bits per heavy atom. The van der Waals surface area contributed by atoms with Crippen LogP contribution in [0.25, 0.3) is 0 Å². The van der Waals surface area contributed by atoms with Gasteiger partial charge in [0.05, 0.1) is 6.61 Å². The molecule has 1 amide bonds. The van der Waals surface area contributed by atoms with Crippen LogP contribution in [0.1, 0.15) is 124 Å². The Kier molecular flexibility index (Phi) is 18.9. The highest BCUT2D eigenvalue weighted by Crippen LogP contribution is 2.09. The largest absolute Gasteiger partial charge is 0.466 e. The fourth-order valence-electron chi connectivity index (χ4n) is 3.18. The molecule has 0 rings (SSSR count). The summed E-state index contributed by atoms with van der Waals surface area (Å²) < 4.78 is 5.26. The molecule has 160 valence electrons. The first-order valence-corrected chi connectivity index (χ1v) is 11.5. The fraction of sp³-hybridized carbons (Fsp3) is 0.913. The summed E-state index contributed by atoms with van der Waals surface area (Å²) in [6.45, 7) is 7.01. The van der Waals surface area contributed by atoms with E-state index in [1.807, 2.05) is 0 Å². The zero-order valence-corrected chi connectivity index (χ0v) is 18.3. The van der Waals surface area contributed by atoms with E-state index >= 15 is 0 Å². The molecule has 4 heteroatoms. The van der Waals surface area contributed by atoms with Gasteiger partial charge in [-0.15, -0.1) is 0 Å². The SMILES string of the molecule is CCCCCCCCCCOC(=O)CCCC(=O)NC(C)CCCCCC. The molecule has 0 aliphatic rings. The molecule has 0 bridgehead atoms. The second-order valence-electron chi connectivity index (χ2n) is 7.87. The third-order valence-electron chi connectivity index (χ3n) is 4.94. The van der Waals surface area contributed by atoms with Crippen LogP contribution in [0.3, 0.4) is 0 Å². The van der Waals surface area contributed by atoms with Gasteiger partial charge in [0.25, 0.3) is 0 Å². The van der Waals surface area contributed by atoms with Crippen LogP contribution >= 0.6 is 0 Å². The van der Waals surface area contributed by atoms with Crippen LogP contribution in [0, 0.1) is 0 Å². The van der Waals surface area contributed by atoms with Gasteiger partial charge in [0.1, 0.15) is 0 Å². The van der Waals surface area contributed by atoms with E-state index in [-0.39, 0.29) is 17.9 Å². The smallest absolute Gasteiger partial charge is 0.305 e. The lowest BCUT2D eigenvalue weighted by molar-refractivity contribution is -0.143. The fourth-order valence-corrected chi connectivity index (χ4v) is 3.18. The van der Waals surface area contributed by atoms with Crippen molar-refractivity contribution in [2.24, 2.45) is 0 Å². The van der Waals surface area contributed by atoms with E-state index < -0.39 is 0 Å². The van der Waals surface area contributed by atoms with Crippen molar-refractivity contribution < 1.29 is 14.3 Å². The third-order valence-corrected chi connectivity index (χ3v) is 4.94. The molecule has 0 aromatic rings. The molecule has 0 radical (unpaired) electrons. The third kappa shape index (κ3) is 19.5. The van der Waals surface area contributed by atoms with Gasteiger partial charge < -0.3 is 10.1 Å². The highest BCUT2D eigenvalue weighted by Gasteiger charge is 2.09. The summed E-state index contributed by atoms with van der Waals surface area (Å²) in [5.74, 6) is -0.118. The number of esters is 1. The van der Waals surface area contributed by atoms with Gasteiger partial charge >= 0.3 is 5.97 Å². The molecular formula is C23H45NO3. The van der Waals surface area contributed by atoms with Crippen LogP contribution in [0.2, 0.25) is 0 Å². The Morgan fingerprint density at radius 1 is 0.741 bits per heavy atom. The van der Waals surface area contributed by atoms with Crippen molar-refractivity contribution in [3.63, 3.8) is 0 Å². The van der Waals surface area contributed by atoms with E-state index in [4.69, 9.17) is 4.74 Å². The Balaban J connectivity index is 3.45. The maximum atomic E-state index is 11.9. The van der Waals surface area contributed by atoms with Crippen molar-refractivity contribution in [3.8, 4) is 0 Å². The highest BCUT2D eigenvalue weighted by atomic mass is 16.5. The van der Waals surface area contributed by atoms with Crippen molar-refractivity contribution in [1.82, 2.24) is 5.32 Å². The van der Waals surface area contributed by atoms with Crippen LogP contribution in [0.15, 0.2) is 0 Å². The summed E-state index contributed by atoms with van der Waals surface area (Å²) in [7, 11) is 0. The number of ether oxygens (including phenoxy) is 1. The molecule has 0 fully saturated rings. The van der Waals surface area contributed by atoms with E-state index in [0.717, 1.165) is 19.3 Å². The van der Waals surface area contributed by atoms with E-state index in [9.17, 15) is 9.59 Å². The van der Waals surface area contributed by atoms with Crippen molar-refractivity contribution in [3.05, 3.63) is 0 Å². The van der Waals surface area contributed by atoms with E-state index in [1.165, 1.54) is 64.2 Å². The number of carbonyl (C=O) groups is 2. The molecule has 0 heterocycles. The standard InChI is InChI=1S/C23H45NO3/c1-4-6-8-10-11-12-13-15-20-27-23(26)19-16-18-22(25)24-21(3)17-14-9-7-5-2/h21H,4-20H2,1-3H3,(H,24,25). The molecule has 0 saturated heterocycles. The van der Waals surface area contributed by atoms with Crippen LogP contribution in [-0.2, 0) is 14.3 Å². The molecule has 0 aromatic heterocycles. The summed E-state index contributed by atoms with van der Waals surface area (Å²) in [6, 6.07) is 0.225. The molecule has 1 unspecified atom stereocenters. The van der Waals surface area contributed by atoms with Crippen LogP contribution in [0.4, 0.5) is 0 Å². The molecule has 27 heavy (non-hydrogen) atoms. The van der Waals surface area contributed by atoms with Gasteiger partial charge in [-0.05, 0) is 26.2 Å². The van der Waals surface area contributed by atoms with Gasteiger partial charge in [-0.25, -0.2) is 0 Å². The summed E-state index contributed by atoms with van der Waals surface area (Å²) in [5, 5.41) is 3.02. The lowest BCUT2D eigenvalue weighted by Gasteiger charge is -2.13.